The summed E-state index contributed by atoms with van der Waals surface area (Å²) in [5, 5.41) is 9.29. The van der Waals surface area contributed by atoms with E-state index in [1.54, 1.807) is 6.07 Å². The topological polar surface area (TPSA) is 46.5 Å². The van der Waals surface area contributed by atoms with Crippen LogP contribution in [-0.2, 0) is 11.2 Å². The molecule has 0 bridgehead atoms. The van der Waals surface area contributed by atoms with Crippen LogP contribution in [0.25, 0.3) is 0 Å². The van der Waals surface area contributed by atoms with Crippen molar-refractivity contribution in [2.45, 2.75) is 19.4 Å². The lowest BCUT2D eigenvalue weighted by Gasteiger charge is -2.11. The first-order valence-electron chi connectivity index (χ1n) is 4.63. The Balaban J connectivity index is 3.29. The molecule has 0 aromatic heterocycles. The van der Waals surface area contributed by atoms with Gasteiger partial charge < -0.3 is 14.6 Å². The number of methoxy groups -OCH3 is 1. The molecule has 0 heterocycles. The van der Waals surface area contributed by atoms with E-state index in [2.05, 4.69) is 0 Å². The summed E-state index contributed by atoms with van der Waals surface area (Å²) >= 11 is 0. The van der Waals surface area contributed by atoms with E-state index in [1.165, 1.54) is 13.2 Å². The first-order valence-corrected chi connectivity index (χ1v) is 4.63. The van der Waals surface area contributed by atoms with Crippen molar-refractivity contribution in [1.29, 1.82) is 0 Å². The fourth-order valence-electron chi connectivity index (χ4n) is 1.32. The molecule has 0 aliphatic rings. The van der Waals surface area contributed by atoms with Gasteiger partial charge in [-0.15, -0.1) is 0 Å². The normalized spacial score (nSPS) is 12.3. The van der Waals surface area contributed by atoms with Crippen LogP contribution >= 0.6 is 0 Å². The number of hydrogen-bond acceptors (Lipinski definition) is 3. The number of halogens is 1. The highest BCUT2D eigenvalue weighted by molar-refractivity contribution is 5.60. The van der Waals surface area contributed by atoms with Gasteiger partial charge in [-0.1, -0.05) is 6.92 Å². The molecule has 3 nitrogen and oxygen atoms in total. The van der Waals surface area contributed by atoms with E-state index < -0.39 is 11.9 Å². The largest absolute Gasteiger partial charge is 0.494 e. The Labute approximate surface area is 87.5 Å². The molecule has 0 saturated heterocycles. The number of aryl methyl sites for hydroxylation is 1. The third kappa shape index (κ3) is 2.33. The van der Waals surface area contributed by atoms with Crippen LogP contribution in [-0.4, -0.2) is 18.5 Å². The highest BCUT2D eigenvalue weighted by atomic mass is 19.1. The first kappa shape index (κ1) is 11.7. The smallest absolute Gasteiger partial charge is 0.171 e. The number of carbonyl (C=O) groups is 1. The van der Waals surface area contributed by atoms with Gasteiger partial charge in [-0.3, -0.25) is 0 Å². The molecule has 1 aromatic rings. The van der Waals surface area contributed by atoms with Crippen LogP contribution in [0.5, 0.6) is 5.75 Å². The van der Waals surface area contributed by atoms with Crippen LogP contribution in [0, 0.1) is 5.82 Å². The van der Waals surface area contributed by atoms with Crippen molar-refractivity contribution in [3.8, 4) is 5.75 Å². The van der Waals surface area contributed by atoms with Crippen LogP contribution < -0.4 is 4.74 Å². The molecular formula is C11H13FO3. The molecule has 1 rings (SSSR count). The maximum absolute atomic E-state index is 13.6. The van der Waals surface area contributed by atoms with Gasteiger partial charge in [-0.2, -0.15) is 0 Å². The van der Waals surface area contributed by atoms with Crippen molar-refractivity contribution in [2.75, 3.05) is 7.11 Å². The zero-order valence-corrected chi connectivity index (χ0v) is 8.66. The number of aliphatic hydroxyl groups excluding tert-OH is 1. The summed E-state index contributed by atoms with van der Waals surface area (Å²) in [6.45, 7) is 1.89. The lowest BCUT2D eigenvalue weighted by Crippen LogP contribution is -2.04. The summed E-state index contributed by atoms with van der Waals surface area (Å²) in [6, 6.07) is 3.02. The first-order chi connectivity index (χ1) is 7.13. The van der Waals surface area contributed by atoms with Crippen molar-refractivity contribution in [1.82, 2.24) is 0 Å². The molecule has 82 valence electrons. The molecule has 0 fully saturated rings. The zero-order valence-electron chi connectivity index (χ0n) is 8.66. The summed E-state index contributed by atoms with van der Waals surface area (Å²) in [7, 11) is 1.34. The van der Waals surface area contributed by atoms with E-state index in [9.17, 15) is 14.3 Å². The molecule has 1 aromatic carbocycles. The Bertz CT molecular complexity index is 363. The fraction of sp³-hybridized carbons (Fsp3) is 0.364. The maximum atomic E-state index is 13.6. The van der Waals surface area contributed by atoms with Gasteiger partial charge in [0.1, 0.15) is 6.10 Å². The van der Waals surface area contributed by atoms with Crippen molar-refractivity contribution in [2.24, 2.45) is 0 Å². The van der Waals surface area contributed by atoms with Crippen molar-refractivity contribution in [3.63, 3.8) is 0 Å². The summed E-state index contributed by atoms with van der Waals surface area (Å²) in [5.41, 5.74) is 0.769. The van der Waals surface area contributed by atoms with Gasteiger partial charge in [0, 0.05) is 5.56 Å². The van der Waals surface area contributed by atoms with Crippen molar-refractivity contribution < 1.29 is 19.0 Å². The van der Waals surface area contributed by atoms with E-state index in [4.69, 9.17) is 4.74 Å². The molecule has 1 atom stereocenters. The molecular weight excluding hydrogens is 199 g/mol. The van der Waals surface area contributed by atoms with Crippen LogP contribution in [0.2, 0.25) is 0 Å². The number of aliphatic hydroxyl groups is 1. The summed E-state index contributed by atoms with van der Waals surface area (Å²) in [5.74, 6) is -0.639. The maximum Gasteiger partial charge on any atom is 0.171 e. The van der Waals surface area contributed by atoms with E-state index in [0.29, 0.717) is 6.42 Å². The second-order valence-electron chi connectivity index (χ2n) is 3.14. The van der Waals surface area contributed by atoms with Gasteiger partial charge in [-0.05, 0) is 24.1 Å². The van der Waals surface area contributed by atoms with Gasteiger partial charge in [0.25, 0.3) is 0 Å². The molecule has 0 amide bonds. The molecule has 0 aliphatic heterocycles. The average Bonchev–Trinajstić information content (AvgIpc) is 2.28. The van der Waals surface area contributed by atoms with Gasteiger partial charge in [0.05, 0.1) is 7.11 Å². The van der Waals surface area contributed by atoms with Gasteiger partial charge in [-0.25, -0.2) is 4.39 Å². The minimum atomic E-state index is -1.44. The van der Waals surface area contributed by atoms with Crippen LogP contribution in [0.1, 0.15) is 24.2 Å². The number of benzene rings is 1. The SMILES string of the molecule is CCc1cc(OC)c(F)c(C(O)C=O)c1. The van der Waals surface area contributed by atoms with Crippen LogP contribution in [0.15, 0.2) is 12.1 Å². The average molecular weight is 212 g/mol. The predicted octanol–water partition coefficient (Wildman–Crippen LogP) is 1.63. The Morgan fingerprint density at radius 2 is 2.27 bits per heavy atom. The molecule has 1 N–H and O–H groups in total. The number of carbonyl (C=O) groups excluding carboxylic acids is 1. The molecule has 0 radical (unpaired) electrons. The third-order valence-corrected chi connectivity index (χ3v) is 2.20. The van der Waals surface area contributed by atoms with E-state index >= 15 is 0 Å². The number of hydrogen-bond donors (Lipinski definition) is 1. The van der Waals surface area contributed by atoms with Crippen LogP contribution in [0.3, 0.4) is 0 Å². The zero-order chi connectivity index (χ0) is 11.4. The predicted molar refractivity (Wildman–Crippen MR) is 53.4 cm³/mol. The van der Waals surface area contributed by atoms with Crippen molar-refractivity contribution >= 4 is 6.29 Å². The number of rotatable bonds is 4. The van der Waals surface area contributed by atoms with Gasteiger partial charge in [0.15, 0.2) is 17.9 Å². The Morgan fingerprint density at radius 1 is 1.60 bits per heavy atom. The third-order valence-electron chi connectivity index (χ3n) is 2.20. The second-order valence-corrected chi connectivity index (χ2v) is 3.14. The molecule has 15 heavy (non-hydrogen) atoms. The van der Waals surface area contributed by atoms with E-state index in [1.807, 2.05) is 6.92 Å². The van der Waals surface area contributed by atoms with Gasteiger partial charge in [0.2, 0.25) is 0 Å². The standard InChI is InChI=1S/C11H13FO3/c1-3-7-4-8(9(14)6-13)11(12)10(5-7)15-2/h4-6,9,14H,3H2,1-2H3. The van der Waals surface area contributed by atoms with E-state index in [0.717, 1.165) is 5.56 Å². The monoisotopic (exact) mass is 212 g/mol. The van der Waals surface area contributed by atoms with Crippen molar-refractivity contribution in [3.05, 3.63) is 29.1 Å². The molecule has 0 saturated carbocycles. The minimum Gasteiger partial charge on any atom is -0.494 e. The lowest BCUT2D eigenvalue weighted by molar-refractivity contribution is -0.115. The Hall–Kier alpha value is -1.42. The summed E-state index contributed by atoms with van der Waals surface area (Å²) in [4.78, 5) is 10.4. The van der Waals surface area contributed by atoms with Gasteiger partial charge >= 0.3 is 0 Å². The molecule has 0 aliphatic carbocycles. The van der Waals surface area contributed by atoms with E-state index in [-0.39, 0.29) is 17.6 Å². The number of aldehydes is 1. The molecule has 0 spiro atoms. The van der Waals surface area contributed by atoms with Crippen LogP contribution in [0.4, 0.5) is 4.39 Å². The highest BCUT2D eigenvalue weighted by Gasteiger charge is 2.16. The summed E-state index contributed by atoms with van der Waals surface area (Å²) in [6.07, 6.45) is -0.475. The number of ether oxygens (including phenoxy) is 1. The Kier molecular flexibility index (Phi) is 3.80. The highest BCUT2D eigenvalue weighted by Crippen LogP contribution is 2.26. The quantitative estimate of drug-likeness (QED) is 0.771. The molecule has 1 unspecified atom stereocenters. The fourth-order valence-corrected chi connectivity index (χ4v) is 1.32. The minimum absolute atomic E-state index is 0.0406. The summed E-state index contributed by atoms with van der Waals surface area (Å²) < 4.78 is 18.4. The molecule has 4 heteroatoms. The Morgan fingerprint density at radius 3 is 2.73 bits per heavy atom. The lowest BCUT2D eigenvalue weighted by atomic mass is 10.0. The second kappa shape index (κ2) is 4.89.